The molecule has 0 aliphatic rings. The maximum atomic E-state index is 10.3. The van der Waals surface area contributed by atoms with Crippen molar-refractivity contribution < 1.29 is 49.8 Å². The maximum Gasteiger partial charge on any atom is 3.00 e. The van der Waals surface area contributed by atoms with Gasteiger partial charge in [-0.05, 0) is 18.8 Å². The minimum atomic E-state index is -0.893. The molecule has 0 amide bonds. The number of aliphatic carboxylic acids is 1. The summed E-state index contributed by atoms with van der Waals surface area (Å²) in [5.41, 5.74) is 0. The first kappa shape index (κ1) is 14.3. The molecule has 3 heteroatoms. The second-order valence-corrected chi connectivity index (χ2v) is 2.57. The summed E-state index contributed by atoms with van der Waals surface area (Å²) in [6.45, 7) is 3.94. The van der Waals surface area contributed by atoms with Crippen molar-refractivity contribution in [2.75, 3.05) is 0 Å². The van der Waals surface area contributed by atoms with E-state index in [0.717, 1.165) is 19.3 Å². The standard InChI is InChI=1S/C8H16O2.Gd/c1-3-5-6-7(4-2)8(9)10;/h7H,3-6H2,1-2H3,(H,9,10);/q;+3/p-1. The molecule has 0 rings (SSSR count). The summed E-state index contributed by atoms with van der Waals surface area (Å²) in [4.78, 5) is 10.3. The molecule has 1 atom stereocenters. The molecule has 11 heavy (non-hydrogen) atoms. The van der Waals surface area contributed by atoms with Crippen LogP contribution in [0.15, 0.2) is 0 Å². The van der Waals surface area contributed by atoms with Gasteiger partial charge in [0.25, 0.3) is 0 Å². The van der Waals surface area contributed by atoms with E-state index in [4.69, 9.17) is 0 Å². The topological polar surface area (TPSA) is 40.1 Å². The molecule has 0 saturated heterocycles. The molecule has 1 radical (unpaired) electrons. The van der Waals surface area contributed by atoms with E-state index >= 15 is 0 Å². The van der Waals surface area contributed by atoms with Crippen LogP contribution in [-0.2, 0) is 4.79 Å². The van der Waals surface area contributed by atoms with E-state index in [9.17, 15) is 9.90 Å². The van der Waals surface area contributed by atoms with Crippen molar-refractivity contribution in [1.82, 2.24) is 0 Å². The fourth-order valence-electron chi connectivity index (χ4n) is 0.939. The smallest absolute Gasteiger partial charge is 0.550 e. The van der Waals surface area contributed by atoms with E-state index < -0.39 is 5.97 Å². The number of carboxylic acid groups (broad SMARTS) is 1. The third kappa shape index (κ3) is 7.17. The molecule has 0 aliphatic heterocycles. The molecule has 0 aromatic carbocycles. The molecular formula is C8H15GdO2+2. The van der Waals surface area contributed by atoms with Gasteiger partial charge in [0, 0.05) is 5.97 Å². The van der Waals surface area contributed by atoms with Crippen LogP contribution < -0.4 is 5.11 Å². The van der Waals surface area contributed by atoms with Crippen LogP contribution >= 0.6 is 0 Å². The first-order valence-corrected chi connectivity index (χ1v) is 3.93. The van der Waals surface area contributed by atoms with Crippen LogP contribution in [0.1, 0.15) is 39.5 Å². The Labute approximate surface area is 100 Å². The number of hydrogen-bond acceptors (Lipinski definition) is 2. The Morgan fingerprint density at radius 3 is 2.27 bits per heavy atom. The van der Waals surface area contributed by atoms with Crippen LogP contribution in [0.5, 0.6) is 0 Å². The van der Waals surface area contributed by atoms with E-state index in [-0.39, 0.29) is 45.9 Å². The zero-order chi connectivity index (χ0) is 7.98. The van der Waals surface area contributed by atoms with Gasteiger partial charge >= 0.3 is 39.9 Å². The second kappa shape index (κ2) is 8.89. The zero-order valence-corrected chi connectivity index (χ0v) is 9.34. The number of unbranched alkanes of at least 4 members (excludes halogenated alkanes) is 1. The average Bonchev–Trinajstić information content (AvgIpc) is 1.89. The van der Waals surface area contributed by atoms with Crippen molar-refractivity contribution >= 4 is 5.97 Å². The summed E-state index contributed by atoms with van der Waals surface area (Å²) in [5.74, 6) is -1.11. The fourth-order valence-corrected chi connectivity index (χ4v) is 0.939. The summed E-state index contributed by atoms with van der Waals surface area (Å²) in [6.07, 6.45) is 3.52. The van der Waals surface area contributed by atoms with E-state index in [1.54, 1.807) is 0 Å². The van der Waals surface area contributed by atoms with Gasteiger partial charge in [-0.1, -0.05) is 26.7 Å². The molecule has 0 aromatic rings. The van der Waals surface area contributed by atoms with Crippen molar-refractivity contribution in [3.63, 3.8) is 0 Å². The van der Waals surface area contributed by atoms with Crippen LogP contribution in [0.3, 0.4) is 0 Å². The third-order valence-corrected chi connectivity index (χ3v) is 1.73. The third-order valence-electron chi connectivity index (χ3n) is 1.73. The summed E-state index contributed by atoms with van der Waals surface area (Å²) in [7, 11) is 0. The van der Waals surface area contributed by atoms with Crippen LogP contribution in [0, 0.1) is 45.9 Å². The molecule has 65 valence electrons. The number of rotatable bonds is 5. The Hall–Kier alpha value is 0.795. The number of carbonyl (C=O) groups is 1. The van der Waals surface area contributed by atoms with Crippen LogP contribution in [0.25, 0.3) is 0 Å². The molecular weight excluding hydrogens is 285 g/mol. The summed E-state index contributed by atoms with van der Waals surface area (Å²) < 4.78 is 0. The minimum Gasteiger partial charge on any atom is -0.550 e. The Kier molecular flexibility index (Phi) is 11.6. The minimum absolute atomic E-state index is 0. The zero-order valence-electron chi connectivity index (χ0n) is 7.08. The normalized spacial score (nSPS) is 11.8. The Bertz CT molecular complexity index is 104. The van der Waals surface area contributed by atoms with Crippen molar-refractivity contribution in [2.45, 2.75) is 39.5 Å². The van der Waals surface area contributed by atoms with Gasteiger partial charge in [-0.2, -0.15) is 0 Å². The van der Waals surface area contributed by atoms with Gasteiger partial charge in [0.05, 0.1) is 0 Å². The van der Waals surface area contributed by atoms with Crippen LogP contribution in [-0.4, -0.2) is 5.97 Å². The van der Waals surface area contributed by atoms with E-state index in [1.807, 2.05) is 6.92 Å². The van der Waals surface area contributed by atoms with Crippen LogP contribution in [0.4, 0.5) is 0 Å². The van der Waals surface area contributed by atoms with Crippen molar-refractivity contribution in [3.8, 4) is 0 Å². The summed E-state index contributed by atoms with van der Waals surface area (Å²) >= 11 is 0. The molecule has 0 fully saturated rings. The van der Waals surface area contributed by atoms with Crippen molar-refractivity contribution in [1.29, 1.82) is 0 Å². The average molecular weight is 300 g/mol. The number of hydrogen-bond donors (Lipinski definition) is 0. The van der Waals surface area contributed by atoms with Gasteiger partial charge in [0.2, 0.25) is 0 Å². The second-order valence-electron chi connectivity index (χ2n) is 2.57. The van der Waals surface area contributed by atoms with Gasteiger partial charge in [-0.15, -0.1) is 0 Å². The molecule has 0 spiro atoms. The number of carbonyl (C=O) groups excluding carboxylic acids is 1. The predicted molar refractivity (Wildman–Crippen MR) is 38.3 cm³/mol. The first-order chi connectivity index (χ1) is 4.72. The monoisotopic (exact) mass is 301 g/mol. The molecule has 0 bridgehead atoms. The van der Waals surface area contributed by atoms with E-state index in [0.29, 0.717) is 6.42 Å². The summed E-state index contributed by atoms with van der Waals surface area (Å²) in [6, 6.07) is 0. The SMILES string of the molecule is CCCCC(CC)C(=O)[O-].[Gd+3]. The Balaban J connectivity index is 0. The quantitative estimate of drug-likeness (QED) is 0.758. The van der Waals surface area contributed by atoms with E-state index in [1.165, 1.54) is 0 Å². The van der Waals surface area contributed by atoms with Gasteiger partial charge in [0.15, 0.2) is 0 Å². The molecule has 0 N–H and O–H groups in total. The molecule has 2 nitrogen and oxygen atoms in total. The Morgan fingerprint density at radius 2 is 2.00 bits per heavy atom. The van der Waals surface area contributed by atoms with Crippen molar-refractivity contribution in [3.05, 3.63) is 0 Å². The molecule has 0 saturated carbocycles. The van der Waals surface area contributed by atoms with E-state index in [2.05, 4.69) is 6.92 Å². The number of carboxylic acids is 1. The molecule has 0 heterocycles. The molecule has 0 aliphatic carbocycles. The predicted octanol–water partition coefficient (Wildman–Crippen LogP) is 0.953. The molecule has 1 unspecified atom stereocenters. The van der Waals surface area contributed by atoms with Gasteiger partial charge in [-0.3, -0.25) is 0 Å². The van der Waals surface area contributed by atoms with Crippen molar-refractivity contribution in [2.24, 2.45) is 5.92 Å². The summed E-state index contributed by atoms with van der Waals surface area (Å²) in [5, 5.41) is 10.3. The molecule has 0 aromatic heterocycles. The Morgan fingerprint density at radius 1 is 1.45 bits per heavy atom. The van der Waals surface area contributed by atoms with Gasteiger partial charge < -0.3 is 9.90 Å². The fraction of sp³-hybridized carbons (Fsp3) is 0.875. The van der Waals surface area contributed by atoms with Gasteiger partial charge in [-0.25, -0.2) is 0 Å². The largest absolute Gasteiger partial charge is 3.00 e. The van der Waals surface area contributed by atoms with Gasteiger partial charge in [0.1, 0.15) is 0 Å². The first-order valence-electron chi connectivity index (χ1n) is 3.93. The maximum absolute atomic E-state index is 10.3. The van der Waals surface area contributed by atoms with Crippen LogP contribution in [0.2, 0.25) is 0 Å².